The van der Waals surface area contributed by atoms with E-state index in [-0.39, 0.29) is 24.4 Å². The standard InChI is InChI=1S/C14H12F3NO3/c1-20-10-6-4-9(5-7-10)13-18-11(3-2-8-19)12(21-13)14(15,16)17/h4-8H,2-3H2,1H3. The summed E-state index contributed by atoms with van der Waals surface area (Å²) in [6.07, 6.45) is -4.26. The minimum Gasteiger partial charge on any atom is -0.497 e. The molecular formula is C14H12F3NO3. The number of carbonyl (C=O) groups is 1. The Morgan fingerprint density at radius 3 is 2.48 bits per heavy atom. The van der Waals surface area contributed by atoms with Gasteiger partial charge in [-0.1, -0.05) is 0 Å². The van der Waals surface area contributed by atoms with E-state index in [0.717, 1.165) is 0 Å². The Balaban J connectivity index is 2.39. The molecule has 0 bridgehead atoms. The van der Waals surface area contributed by atoms with Crippen LogP contribution in [0.4, 0.5) is 13.2 Å². The van der Waals surface area contributed by atoms with Crippen LogP contribution < -0.4 is 4.74 Å². The fourth-order valence-corrected chi connectivity index (χ4v) is 1.80. The van der Waals surface area contributed by atoms with E-state index in [1.807, 2.05) is 0 Å². The van der Waals surface area contributed by atoms with Crippen molar-refractivity contribution in [2.75, 3.05) is 7.11 Å². The Bertz CT molecular complexity index is 617. The van der Waals surface area contributed by atoms with Crippen molar-refractivity contribution in [3.63, 3.8) is 0 Å². The van der Waals surface area contributed by atoms with E-state index < -0.39 is 11.9 Å². The van der Waals surface area contributed by atoms with Gasteiger partial charge < -0.3 is 13.9 Å². The lowest BCUT2D eigenvalue weighted by Gasteiger charge is -2.03. The molecule has 0 aliphatic heterocycles. The van der Waals surface area contributed by atoms with Crippen LogP contribution in [0, 0.1) is 0 Å². The molecule has 0 radical (unpaired) electrons. The van der Waals surface area contributed by atoms with Gasteiger partial charge in [0.15, 0.2) is 0 Å². The number of hydrogen-bond acceptors (Lipinski definition) is 4. The first-order valence-corrected chi connectivity index (χ1v) is 6.10. The monoisotopic (exact) mass is 299 g/mol. The zero-order chi connectivity index (χ0) is 15.5. The van der Waals surface area contributed by atoms with Crippen LogP contribution in [-0.4, -0.2) is 18.4 Å². The Kier molecular flexibility index (Phi) is 4.30. The fourth-order valence-electron chi connectivity index (χ4n) is 1.80. The van der Waals surface area contributed by atoms with E-state index in [0.29, 0.717) is 17.6 Å². The van der Waals surface area contributed by atoms with Crippen molar-refractivity contribution < 1.29 is 27.1 Å². The first-order valence-electron chi connectivity index (χ1n) is 6.10. The third-order valence-electron chi connectivity index (χ3n) is 2.79. The number of benzene rings is 1. The third kappa shape index (κ3) is 3.42. The summed E-state index contributed by atoms with van der Waals surface area (Å²) >= 11 is 0. The average molecular weight is 299 g/mol. The van der Waals surface area contributed by atoms with Crippen molar-refractivity contribution in [1.29, 1.82) is 0 Å². The predicted octanol–water partition coefficient (Wildman–Crippen LogP) is 3.50. The second-order valence-corrected chi connectivity index (χ2v) is 4.23. The van der Waals surface area contributed by atoms with Gasteiger partial charge in [-0.2, -0.15) is 13.2 Å². The highest BCUT2D eigenvalue weighted by atomic mass is 19.4. The zero-order valence-corrected chi connectivity index (χ0v) is 11.1. The van der Waals surface area contributed by atoms with Crippen LogP contribution >= 0.6 is 0 Å². The smallest absolute Gasteiger partial charge is 0.451 e. The van der Waals surface area contributed by atoms with Gasteiger partial charge in [-0.25, -0.2) is 4.98 Å². The van der Waals surface area contributed by atoms with Gasteiger partial charge in [0.2, 0.25) is 11.7 Å². The quantitative estimate of drug-likeness (QED) is 0.793. The first kappa shape index (κ1) is 15.1. The second-order valence-electron chi connectivity index (χ2n) is 4.23. The molecule has 1 aromatic heterocycles. The lowest BCUT2D eigenvalue weighted by atomic mass is 10.2. The van der Waals surface area contributed by atoms with Crippen LogP contribution in [0.2, 0.25) is 0 Å². The Hall–Kier alpha value is -2.31. The van der Waals surface area contributed by atoms with Crippen LogP contribution in [0.5, 0.6) is 5.75 Å². The van der Waals surface area contributed by atoms with Crippen LogP contribution in [-0.2, 0) is 17.4 Å². The van der Waals surface area contributed by atoms with Crippen LogP contribution in [0.25, 0.3) is 11.5 Å². The van der Waals surface area contributed by atoms with E-state index in [1.165, 1.54) is 7.11 Å². The highest BCUT2D eigenvalue weighted by Gasteiger charge is 2.39. The van der Waals surface area contributed by atoms with E-state index in [2.05, 4.69) is 4.98 Å². The van der Waals surface area contributed by atoms with Gasteiger partial charge in [0.1, 0.15) is 12.0 Å². The molecule has 2 aromatic rings. The summed E-state index contributed by atoms with van der Waals surface area (Å²) < 4.78 is 48.5. The van der Waals surface area contributed by atoms with Crippen LogP contribution in [0.15, 0.2) is 28.7 Å². The van der Waals surface area contributed by atoms with Gasteiger partial charge in [-0.3, -0.25) is 0 Å². The number of carbonyl (C=O) groups excluding carboxylic acids is 1. The van der Waals surface area contributed by atoms with Gasteiger partial charge in [0.25, 0.3) is 0 Å². The van der Waals surface area contributed by atoms with Crippen molar-refractivity contribution in [3.8, 4) is 17.2 Å². The Labute approximate surface area is 118 Å². The van der Waals surface area contributed by atoms with Gasteiger partial charge in [-0.05, 0) is 24.3 Å². The molecule has 112 valence electrons. The molecule has 1 heterocycles. The van der Waals surface area contributed by atoms with Crippen molar-refractivity contribution in [2.45, 2.75) is 19.0 Å². The summed E-state index contributed by atoms with van der Waals surface area (Å²) in [5.74, 6) is -0.719. The number of aromatic nitrogens is 1. The maximum atomic E-state index is 12.9. The molecule has 0 N–H and O–H groups in total. The predicted molar refractivity (Wildman–Crippen MR) is 67.9 cm³/mol. The molecule has 0 atom stereocenters. The minimum atomic E-state index is -4.64. The van der Waals surface area contributed by atoms with Crippen molar-refractivity contribution in [2.24, 2.45) is 0 Å². The molecular weight excluding hydrogens is 287 g/mol. The third-order valence-corrected chi connectivity index (χ3v) is 2.79. The normalized spacial score (nSPS) is 11.4. The molecule has 1 aromatic carbocycles. The molecule has 0 unspecified atom stereocenters. The van der Waals surface area contributed by atoms with E-state index in [1.54, 1.807) is 24.3 Å². The number of oxazole rings is 1. The summed E-state index contributed by atoms with van der Waals surface area (Å²) in [7, 11) is 1.49. The van der Waals surface area contributed by atoms with E-state index in [9.17, 15) is 18.0 Å². The van der Waals surface area contributed by atoms with E-state index in [4.69, 9.17) is 9.15 Å². The van der Waals surface area contributed by atoms with Crippen molar-refractivity contribution in [1.82, 2.24) is 4.98 Å². The molecule has 0 saturated heterocycles. The number of ether oxygens (including phenoxy) is 1. The summed E-state index contributed by atoms with van der Waals surface area (Å²) in [5.41, 5.74) is 0.138. The van der Waals surface area contributed by atoms with Crippen LogP contribution in [0.1, 0.15) is 17.9 Å². The molecule has 0 aliphatic rings. The number of aryl methyl sites for hydroxylation is 1. The number of halogens is 3. The zero-order valence-electron chi connectivity index (χ0n) is 11.1. The minimum absolute atomic E-state index is 0.0440. The summed E-state index contributed by atoms with van der Waals surface area (Å²) in [6, 6.07) is 6.29. The van der Waals surface area contributed by atoms with Gasteiger partial charge >= 0.3 is 6.18 Å². The van der Waals surface area contributed by atoms with E-state index >= 15 is 0 Å². The molecule has 4 nitrogen and oxygen atoms in total. The Morgan fingerprint density at radius 2 is 1.95 bits per heavy atom. The lowest BCUT2D eigenvalue weighted by molar-refractivity contribution is -0.153. The SMILES string of the molecule is COc1ccc(-c2nc(CCC=O)c(C(F)(F)F)o2)cc1. The second kappa shape index (κ2) is 5.99. The first-order chi connectivity index (χ1) is 9.95. The van der Waals surface area contributed by atoms with Gasteiger partial charge in [-0.15, -0.1) is 0 Å². The highest BCUT2D eigenvalue weighted by molar-refractivity contribution is 5.56. The number of hydrogen-bond donors (Lipinski definition) is 0. The Morgan fingerprint density at radius 1 is 1.29 bits per heavy atom. The molecule has 0 saturated carbocycles. The molecule has 7 heteroatoms. The summed E-state index contributed by atoms with van der Waals surface area (Å²) in [4.78, 5) is 14.2. The number of methoxy groups -OCH3 is 1. The van der Waals surface area contributed by atoms with Gasteiger partial charge in [0, 0.05) is 18.4 Å². The molecule has 2 rings (SSSR count). The molecule has 21 heavy (non-hydrogen) atoms. The number of alkyl halides is 3. The van der Waals surface area contributed by atoms with Crippen molar-refractivity contribution in [3.05, 3.63) is 35.7 Å². The molecule has 0 amide bonds. The summed E-state index contributed by atoms with van der Waals surface area (Å²) in [5, 5.41) is 0. The number of aldehydes is 1. The largest absolute Gasteiger partial charge is 0.497 e. The average Bonchev–Trinajstić information content (AvgIpc) is 2.89. The molecule has 0 aliphatic carbocycles. The highest BCUT2D eigenvalue weighted by Crippen LogP contribution is 2.35. The van der Waals surface area contributed by atoms with Crippen molar-refractivity contribution >= 4 is 6.29 Å². The lowest BCUT2D eigenvalue weighted by Crippen LogP contribution is -2.07. The number of rotatable bonds is 5. The van der Waals surface area contributed by atoms with Crippen LogP contribution in [0.3, 0.4) is 0 Å². The maximum Gasteiger partial charge on any atom is 0.451 e. The summed E-state index contributed by atoms with van der Waals surface area (Å²) in [6.45, 7) is 0. The maximum absolute atomic E-state index is 12.9. The molecule has 0 spiro atoms. The molecule has 0 fully saturated rings. The number of nitrogens with zero attached hydrogens (tertiary/aromatic N) is 1. The fraction of sp³-hybridized carbons (Fsp3) is 0.286. The topological polar surface area (TPSA) is 52.3 Å². The van der Waals surface area contributed by atoms with Gasteiger partial charge in [0.05, 0.1) is 12.8 Å².